The Bertz CT molecular complexity index is 455. The standard InChI is InChI=1S/C15H24N2O2/c1-10-5-8-12(19-10)9-17(11-6-7-11)14(18)13(16)15(2,3)4/h5,8,11,13H,6-7,9,16H2,1-4H3. The Labute approximate surface area is 114 Å². The molecule has 1 saturated carbocycles. The fraction of sp³-hybridized carbons (Fsp3) is 0.667. The normalized spacial score (nSPS) is 17.3. The van der Waals surface area contributed by atoms with Gasteiger partial charge in [-0.15, -0.1) is 0 Å². The number of rotatable bonds is 4. The highest BCUT2D eigenvalue weighted by Gasteiger charge is 2.38. The average Bonchev–Trinajstić information content (AvgIpc) is 3.07. The molecule has 1 atom stereocenters. The predicted octanol–water partition coefficient (Wildman–Crippen LogP) is 2.45. The van der Waals surface area contributed by atoms with Crippen LogP contribution < -0.4 is 5.73 Å². The Kier molecular flexibility index (Phi) is 3.72. The molecule has 0 bridgehead atoms. The van der Waals surface area contributed by atoms with Gasteiger partial charge in [-0.25, -0.2) is 0 Å². The van der Waals surface area contributed by atoms with E-state index in [1.807, 2.05) is 44.7 Å². The van der Waals surface area contributed by atoms with Gasteiger partial charge in [-0.1, -0.05) is 20.8 Å². The molecule has 1 aliphatic rings. The molecule has 2 N–H and O–H groups in total. The van der Waals surface area contributed by atoms with Crippen LogP contribution in [-0.4, -0.2) is 22.9 Å². The van der Waals surface area contributed by atoms with Gasteiger partial charge in [-0.2, -0.15) is 0 Å². The first-order chi connectivity index (χ1) is 8.79. The largest absolute Gasteiger partial charge is 0.464 e. The summed E-state index contributed by atoms with van der Waals surface area (Å²) in [6.07, 6.45) is 2.14. The molecule has 106 valence electrons. The summed E-state index contributed by atoms with van der Waals surface area (Å²) < 4.78 is 5.57. The summed E-state index contributed by atoms with van der Waals surface area (Å²) in [7, 11) is 0. The highest BCUT2D eigenvalue weighted by molar-refractivity contribution is 5.83. The maximum Gasteiger partial charge on any atom is 0.240 e. The van der Waals surface area contributed by atoms with E-state index in [1.165, 1.54) is 0 Å². The molecule has 1 aromatic rings. The van der Waals surface area contributed by atoms with Crippen molar-refractivity contribution in [2.75, 3.05) is 0 Å². The lowest BCUT2D eigenvalue weighted by Gasteiger charge is -2.31. The second kappa shape index (κ2) is 5.00. The molecule has 1 aliphatic carbocycles. The van der Waals surface area contributed by atoms with Gasteiger partial charge in [0.25, 0.3) is 0 Å². The number of hydrogen-bond acceptors (Lipinski definition) is 3. The number of nitrogens with two attached hydrogens (primary N) is 1. The van der Waals surface area contributed by atoms with Crippen LogP contribution in [0.1, 0.15) is 45.1 Å². The zero-order valence-electron chi connectivity index (χ0n) is 12.3. The predicted molar refractivity (Wildman–Crippen MR) is 74.4 cm³/mol. The zero-order chi connectivity index (χ0) is 14.2. The van der Waals surface area contributed by atoms with Gasteiger partial charge in [0.15, 0.2) is 0 Å². The SMILES string of the molecule is Cc1ccc(CN(C(=O)C(N)C(C)(C)C)C2CC2)o1. The fourth-order valence-electron chi connectivity index (χ4n) is 2.06. The van der Waals surface area contributed by atoms with Crippen LogP contribution >= 0.6 is 0 Å². The van der Waals surface area contributed by atoms with Crippen molar-refractivity contribution in [1.82, 2.24) is 4.90 Å². The van der Waals surface area contributed by atoms with Gasteiger partial charge in [-0.3, -0.25) is 4.79 Å². The number of hydrogen-bond donors (Lipinski definition) is 1. The molecular weight excluding hydrogens is 240 g/mol. The molecule has 1 unspecified atom stereocenters. The molecule has 0 saturated heterocycles. The first-order valence-electron chi connectivity index (χ1n) is 6.90. The molecule has 0 radical (unpaired) electrons. The Balaban J connectivity index is 2.10. The van der Waals surface area contributed by atoms with Gasteiger partial charge in [0.05, 0.1) is 12.6 Å². The Hall–Kier alpha value is -1.29. The van der Waals surface area contributed by atoms with Crippen LogP contribution in [0.5, 0.6) is 0 Å². The molecule has 4 heteroatoms. The summed E-state index contributed by atoms with van der Waals surface area (Å²) in [5.41, 5.74) is 5.88. The summed E-state index contributed by atoms with van der Waals surface area (Å²) >= 11 is 0. The first kappa shape index (κ1) is 14.1. The van der Waals surface area contributed by atoms with Gasteiger partial charge in [0, 0.05) is 6.04 Å². The monoisotopic (exact) mass is 264 g/mol. The molecule has 0 aliphatic heterocycles. The van der Waals surface area contributed by atoms with E-state index < -0.39 is 6.04 Å². The lowest BCUT2D eigenvalue weighted by molar-refractivity contribution is -0.136. The number of amides is 1. The second-order valence-electron chi connectivity index (χ2n) is 6.55. The van der Waals surface area contributed by atoms with E-state index in [-0.39, 0.29) is 11.3 Å². The first-order valence-corrected chi connectivity index (χ1v) is 6.90. The van der Waals surface area contributed by atoms with E-state index in [2.05, 4.69) is 0 Å². The summed E-state index contributed by atoms with van der Waals surface area (Å²) in [5, 5.41) is 0. The molecule has 19 heavy (non-hydrogen) atoms. The average molecular weight is 264 g/mol. The number of carbonyl (C=O) groups excluding carboxylic acids is 1. The third kappa shape index (κ3) is 3.38. The molecule has 1 amide bonds. The van der Waals surface area contributed by atoms with Crippen molar-refractivity contribution < 1.29 is 9.21 Å². The second-order valence-corrected chi connectivity index (χ2v) is 6.55. The highest BCUT2D eigenvalue weighted by atomic mass is 16.3. The van der Waals surface area contributed by atoms with Crippen molar-refractivity contribution in [3.8, 4) is 0 Å². The summed E-state index contributed by atoms with van der Waals surface area (Å²) in [5.74, 6) is 1.74. The van der Waals surface area contributed by atoms with Crippen LogP contribution in [0.25, 0.3) is 0 Å². The lowest BCUT2D eigenvalue weighted by atomic mass is 9.86. The number of furan rings is 1. The van der Waals surface area contributed by atoms with Crippen LogP contribution in [0.15, 0.2) is 16.5 Å². The number of nitrogens with zero attached hydrogens (tertiary/aromatic N) is 1. The maximum atomic E-state index is 12.5. The topological polar surface area (TPSA) is 59.5 Å². The van der Waals surface area contributed by atoms with Crippen molar-refractivity contribution in [1.29, 1.82) is 0 Å². The molecule has 2 rings (SSSR count). The van der Waals surface area contributed by atoms with Gasteiger partial charge in [0.2, 0.25) is 5.91 Å². The Morgan fingerprint density at radius 2 is 2.11 bits per heavy atom. The van der Waals surface area contributed by atoms with Crippen LogP contribution in [-0.2, 0) is 11.3 Å². The molecule has 4 nitrogen and oxygen atoms in total. The smallest absolute Gasteiger partial charge is 0.240 e. The van der Waals surface area contributed by atoms with E-state index in [9.17, 15) is 4.79 Å². The number of carbonyl (C=O) groups is 1. The molecule has 1 aromatic heterocycles. The summed E-state index contributed by atoms with van der Waals surface area (Å²) in [4.78, 5) is 14.4. The van der Waals surface area contributed by atoms with Crippen LogP contribution in [0, 0.1) is 12.3 Å². The molecule has 0 aromatic carbocycles. The minimum atomic E-state index is -0.468. The Morgan fingerprint density at radius 3 is 2.53 bits per heavy atom. The van der Waals surface area contributed by atoms with E-state index in [4.69, 9.17) is 10.2 Å². The summed E-state index contributed by atoms with van der Waals surface area (Å²) in [6, 6.07) is 3.73. The molecular formula is C15H24N2O2. The van der Waals surface area contributed by atoms with E-state index in [1.54, 1.807) is 0 Å². The van der Waals surface area contributed by atoms with E-state index in [0.717, 1.165) is 24.4 Å². The molecule has 1 fully saturated rings. The molecule has 0 spiro atoms. The molecule has 1 heterocycles. The number of aryl methyl sites for hydroxylation is 1. The minimum absolute atomic E-state index is 0.0315. The summed E-state index contributed by atoms with van der Waals surface area (Å²) in [6.45, 7) is 8.43. The fourth-order valence-corrected chi connectivity index (χ4v) is 2.06. The van der Waals surface area contributed by atoms with E-state index in [0.29, 0.717) is 12.6 Å². The highest BCUT2D eigenvalue weighted by Crippen LogP contribution is 2.31. The van der Waals surface area contributed by atoms with Crippen LogP contribution in [0.2, 0.25) is 0 Å². The van der Waals surface area contributed by atoms with E-state index >= 15 is 0 Å². The quantitative estimate of drug-likeness (QED) is 0.908. The van der Waals surface area contributed by atoms with Crippen molar-refractivity contribution in [2.45, 2.75) is 59.2 Å². The maximum absolute atomic E-state index is 12.5. The van der Waals surface area contributed by atoms with Crippen molar-refractivity contribution in [3.05, 3.63) is 23.7 Å². The van der Waals surface area contributed by atoms with Gasteiger partial charge < -0.3 is 15.1 Å². The van der Waals surface area contributed by atoms with Gasteiger partial charge in [-0.05, 0) is 37.3 Å². The van der Waals surface area contributed by atoms with Crippen LogP contribution in [0.3, 0.4) is 0 Å². The van der Waals surface area contributed by atoms with Gasteiger partial charge in [0.1, 0.15) is 11.5 Å². The Morgan fingerprint density at radius 1 is 1.47 bits per heavy atom. The minimum Gasteiger partial charge on any atom is -0.464 e. The third-order valence-corrected chi connectivity index (χ3v) is 3.59. The zero-order valence-corrected chi connectivity index (χ0v) is 12.3. The van der Waals surface area contributed by atoms with Crippen molar-refractivity contribution in [2.24, 2.45) is 11.1 Å². The van der Waals surface area contributed by atoms with Crippen LogP contribution in [0.4, 0.5) is 0 Å². The van der Waals surface area contributed by atoms with Crippen molar-refractivity contribution >= 4 is 5.91 Å². The van der Waals surface area contributed by atoms with Crippen molar-refractivity contribution in [3.63, 3.8) is 0 Å². The third-order valence-electron chi connectivity index (χ3n) is 3.59. The lowest BCUT2D eigenvalue weighted by Crippen LogP contribution is -2.50. The van der Waals surface area contributed by atoms with Gasteiger partial charge >= 0.3 is 0 Å².